The average molecular weight is 235 g/mol. The topological polar surface area (TPSA) is 67.2 Å². The molecule has 0 aromatic heterocycles. The van der Waals surface area contributed by atoms with Crippen molar-refractivity contribution in [2.75, 3.05) is 10.6 Å². The van der Waals surface area contributed by atoms with Gasteiger partial charge in [0.05, 0.1) is 0 Å². The molecule has 16 heavy (non-hydrogen) atoms. The van der Waals surface area contributed by atoms with E-state index in [1.54, 1.807) is 6.07 Å². The number of nitrogens with one attached hydrogen (secondary N) is 2. The molecule has 1 aliphatic rings. The normalized spacial score (nSPS) is 14.2. The third-order valence-corrected chi connectivity index (χ3v) is 2.45. The highest BCUT2D eigenvalue weighted by molar-refractivity contribution is 7.80. The maximum atomic E-state index is 11.5. The minimum atomic E-state index is 0.0903. The van der Waals surface area contributed by atoms with Gasteiger partial charge in [0, 0.05) is 17.3 Å². The van der Waals surface area contributed by atoms with Crippen LogP contribution in [-0.4, -0.2) is 11.0 Å². The molecule has 0 aliphatic heterocycles. The Kier molecular flexibility index (Phi) is 3.05. The quantitative estimate of drug-likeness (QED) is 0.697. The van der Waals surface area contributed by atoms with Crippen LogP contribution in [0.1, 0.15) is 12.8 Å². The van der Waals surface area contributed by atoms with Crippen molar-refractivity contribution >= 4 is 34.6 Å². The number of nitrogens with two attached hydrogens (primary N) is 1. The van der Waals surface area contributed by atoms with E-state index in [-0.39, 0.29) is 16.9 Å². The summed E-state index contributed by atoms with van der Waals surface area (Å²) in [4.78, 5) is 11.5. The standard InChI is InChI=1S/C11H13N3OS/c12-11(16)14-9-3-1-2-8(6-9)13-10(15)7-4-5-7/h1-3,6-7H,4-5H2,(H,13,15)(H3,12,14,16). The molecule has 0 saturated heterocycles. The van der Waals surface area contributed by atoms with E-state index in [2.05, 4.69) is 10.6 Å². The number of benzene rings is 1. The first-order valence-electron chi connectivity index (χ1n) is 5.12. The Balaban J connectivity index is 2.03. The Morgan fingerprint density at radius 2 is 1.94 bits per heavy atom. The van der Waals surface area contributed by atoms with E-state index in [4.69, 9.17) is 18.0 Å². The monoisotopic (exact) mass is 235 g/mol. The van der Waals surface area contributed by atoms with Gasteiger partial charge in [-0.25, -0.2) is 0 Å². The molecule has 1 fully saturated rings. The summed E-state index contributed by atoms with van der Waals surface area (Å²) in [6.45, 7) is 0. The highest BCUT2D eigenvalue weighted by atomic mass is 32.1. The molecule has 0 unspecified atom stereocenters. The molecule has 84 valence electrons. The molecule has 1 amide bonds. The largest absolute Gasteiger partial charge is 0.376 e. The van der Waals surface area contributed by atoms with Gasteiger partial charge in [0.15, 0.2) is 5.11 Å². The summed E-state index contributed by atoms with van der Waals surface area (Å²) in [5.74, 6) is 0.291. The van der Waals surface area contributed by atoms with Crippen molar-refractivity contribution < 1.29 is 4.79 Å². The van der Waals surface area contributed by atoms with Crippen molar-refractivity contribution in [2.45, 2.75) is 12.8 Å². The van der Waals surface area contributed by atoms with E-state index in [0.29, 0.717) is 0 Å². The number of anilines is 2. The van der Waals surface area contributed by atoms with Gasteiger partial charge in [-0.2, -0.15) is 0 Å². The highest BCUT2D eigenvalue weighted by Crippen LogP contribution is 2.30. The lowest BCUT2D eigenvalue weighted by Crippen LogP contribution is -2.19. The maximum absolute atomic E-state index is 11.5. The Hall–Kier alpha value is -1.62. The molecule has 4 N–H and O–H groups in total. The lowest BCUT2D eigenvalue weighted by Gasteiger charge is -2.07. The van der Waals surface area contributed by atoms with E-state index < -0.39 is 0 Å². The molecule has 4 nitrogen and oxygen atoms in total. The van der Waals surface area contributed by atoms with Gasteiger partial charge in [0.25, 0.3) is 0 Å². The zero-order valence-corrected chi connectivity index (χ0v) is 9.51. The number of thiocarbonyl (C=S) groups is 1. The molecule has 0 radical (unpaired) electrons. The van der Waals surface area contributed by atoms with Crippen molar-refractivity contribution in [3.8, 4) is 0 Å². The van der Waals surface area contributed by atoms with E-state index in [0.717, 1.165) is 24.2 Å². The second kappa shape index (κ2) is 4.49. The number of hydrogen-bond acceptors (Lipinski definition) is 2. The zero-order chi connectivity index (χ0) is 11.5. The van der Waals surface area contributed by atoms with E-state index in [1.165, 1.54) is 0 Å². The van der Waals surface area contributed by atoms with Crippen molar-refractivity contribution in [3.05, 3.63) is 24.3 Å². The third kappa shape index (κ3) is 2.93. The summed E-state index contributed by atoms with van der Waals surface area (Å²) >= 11 is 4.74. The SMILES string of the molecule is NC(=S)Nc1cccc(NC(=O)C2CC2)c1. The zero-order valence-electron chi connectivity index (χ0n) is 8.69. The van der Waals surface area contributed by atoms with Crippen LogP contribution in [0.2, 0.25) is 0 Å². The number of carbonyl (C=O) groups is 1. The first kappa shape index (κ1) is 10.9. The fourth-order valence-electron chi connectivity index (χ4n) is 1.41. The minimum Gasteiger partial charge on any atom is -0.376 e. The third-order valence-electron chi connectivity index (χ3n) is 2.35. The number of carbonyl (C=O) groups excluding carboxylic acids is 1. The number of amides is 1. The van der Waals surface area contributed by atoms with E-state index in [9.17, 15) is 4.79 Å². The van der Waals surface area contributed by atoms with Crippen molar-refractivity contribution in [1.82, 2.24) is 0 Å². The smallest absolute Gasteiger partial charge is 0.227 e. The molecule has 1 aromatic rings. The fraction of sp³-hybridized carbons (Fsp3) is 0.273. The molecule has 1 aromatic carbocycles. The van der Waals surface area contributed by atoms with Gasteiger partial charge in [0.2, 0.25) is 5.91 Å². The van der Waals surface area contributed by atoms with Gasteiger partial charge in [-0.15, -0.1) is 0 Å². The Bertz CT molecular complexity index is 429. The Morgan fingerprint density at radius 3 is 2.50 bits per heavy atom. The van der Waals surface area contributed by atoms with Crippen LogP contribution in [0.5, 0.6) is 0 Å². The maximum Gasteiger partial charge on any atom is 0.227 e. The first-order chi connectivity index (χ1) is 7.65. The van der Waals surface area contributed by atoms with E-state index in [1.807, 2.05) is 18.2 Å². The van der Waals surface area contributed by atoms with E-state index >= 15 is 0 Å². The molecule has 5 heteroatoms. The van der Waals surface area contributed by atoms with Gasteiger partial charge in [-0.05, 0) is 43.3 Å². The van der Waals surface area contributed by atoms with Gasteiger partial charge in [-0.3, -0.25) is 4.79 Å². The molecule has 0 bridgehead atoms. The van der Waals surface area contributed by atoms with Crippen LogP contribution in [0.15, 0.2) is 24.3 Å². The van der Waals surface area contributed by atoms with Crippen molar-refractivity contribution in [3.63, 3.8) is 0 Å². The highest BCUT2D eigenvalue weighted by Gasteiger charge is 2.29. The predicted molar refractivity (Wildman–Crippen MR) is 68.2 cm³/mol. The second-order valence-electron chi connectivity index (χ2n) is 3.83. The van der Waals surface area contributed by atoms with Gasteiger partial charge in [0.1, 0.15) is 0 Å². The van der Waals surface area contributed by atoms with Crippen LogP contribution in [-0.2, 0) is 4.79 Å². The molecule has 0 spiro atoms. The molecule has 0 heterocycles. The van der Waals surface area contributed by atoms with Crippen molar-refractivity contribution in [2.24, 2.45) is 11.7 Å². The molecular weight excluding hydrogens is 222 g/mol. The number of rotatable bonds is 3. The second-order valence-corrected chi connectivity index (χ2v) is 4.27. The minimum absolute atomic E-state index is 0.0903. The lowest BCUT2D eigenvalue weighted by atomic mass is 10.2. The van der Waals surface area contributed by atoms with Crippen LogP contribution in [0.25, 0.3) is 0 Å². The lowest BCUT2D eigenvalue weighted by molar-refractivity contribution is -0.117. The summed E-state index contributed by atoms with van der Waals surface area (Å²) in [5.41, 5.74) is 6.91. The Morgan fingerprint density at radius 1 is 1.31 bits per heavy atom. The van der Waals surface area contributed by atoms with Crippen LogP contribution >= 0.6 is 12.2 Å². The summed E-state index contributed by atoms with van der Waals surface area (Å²) in [6.07, 6.45) is 1.99. The molecule has 1 saturated carbocycles. The summed E-state index contributed by atoms with van der Waals surface area (Å²) < 4.78 is 0. The first-order valence-corrected chi connectivity index (χ1v) is 5.53. The summed E-state index contributed by atoms with van der Waals surface area (Å²) in [6, 6.07) is 7.32. The van der Waals surface area contributed by atoms with Gasteiger partial charge >= 0.3 is 0 Å². The molecule has 1 aliphatic carbocycles. The van der Waals surface area contributed by atoms with Gasteiger partial charge < -0.3 is 16.4 Å². The molecule has 0 atom stereocenters. The van der Waals surface area contributed by atoms with Crippen LogP contribution in [0.3, 0.4) is 0 Å². The average Bonchev–Trinajstić information content (AvgIpc) is 2.99. The molecular formula is C11H13N3OS. The fourth-order valence-corrected chi connectivity index (χ4v) is 1.52. The Labute approximate surface area is 99.2 Å². The van der Waals surface area contributed by atoms with Crippen LogP contribution in [0.4, 0.5) is 11.4 Å². The van der Waals surface area contributed by atoms with Crippen LogP contribution in [0, 0.1) is 5.92 Å². The summed E-state index contributed by atoms with van der Waals surface area (Å²) in [5, 5.41) is 5.89. The predicted octanol–water partition coefficient (Wildman–Crippen LogP) is 1.69. The summed E-state index contributed by atoms with van der Waals surface area (Å²) in [7, 11) is 0. The van der Waals surface area contributed by atoms with Crippen LogP contribution < -0.4 is 16.4 Å². The van der Waals surface area contributed by atoms with Crippen molar-refractivity contribution in [1.29, 1.82) is 0 Å². The van der Waals surface area contributed by atoms with Gasteiger partial charge in [-0.1, -0.05) is 6.07 Å². The number of hydrogen-bond donors (Lipinski definition) is 3. The molecule has 2 rings (SSSR count).